The van der Waals surface area contributed by atoms with E-state index in [1.807, 2.05) is 49.9 Å². The molecular weight excluding hydrogens is 480 g/mol. The molecule has 3 rings (SSSR count). The molecule has 37 heavy (non-hydrogen) atoms. The molecule has 2 aromatic rings. The Hall–Kier alpha value is -3.54. The maximum Gasteiger partial charge on any atom is 0.338 e. The average molecular weight is 515 g/mol. The van der Waals surface area contributed by atoms with Gasteiger partial charge in [0, 0.05) is 50.7 Å². The van der Waals surface area contributed by atoms with Crippen LogP contribution in [0, 0.1) is 10.1 Å². The number of nitro groups is 1. The van der Waals surface area contributed by atoms with Crippen LogP contribution in [0.2, 0.25) is 0 Å². The number of aldehydes is 1. The molecule has 1 unspecified atom stereocenters. The number of methoxy groups -OCH3 is 1. The summed E-state index contributed by atoms with van der Waals surface area (Å²) >= 11 is 0. The van der Waals surface area contributed by atoms with Crippen molar-refractivity contribution in [2.75, 3.05) is 56.7 Å². The van der Waals surface area contributed by atoms with Gasteiger partial charge in [-0.25, -0.2) is 4.79 Å². The van der Waals surface area contributed by atoms with Crippen LogP contribution in [-0.2, 0) is 19.0 Å². The lowest BCUT2D eigenvalue weighted by atomic mass is 10.1. The van der Waals surface area contributed by atoms with E-state index in [-0.39, 0.29) is 30.2 Å². The van der Waals surface area contributed by atoms with Crippen molar-refractivity contribution in [1.29, 1.82) is 0 Å². The van der Waals surface area contributed by atoms with E-state index in [0.29, 0.717) is 31.9 Å². The van der Waals surface area contributed by atoms with Crippen molar-refractivity contribution in [1.82, 2.24) is 4.90 Å². The van der Waals surface area contributed by atoms with Crippen molar-refractivity contribution < 1.29 is 28.7 Å². The first kappa shape index (κ1) is 28.0. The highest BCUT2D eigenvalue weighted by molar-refractivity contribution is 5.91. The lowest BCUT2D eigenvalue weighted by Crippen LogP contribution is -2.53. The largest absolute Gasteiger partial charge is 0.460 e. The Morgan fingerprint density at radius 2 is 1.86 bits per heavy atom. The van der Waals surface area contributed by atoms with Gasteiger partial charge in [-0.3, -0.25) is 19.8 Å². The van der Waals surface area contributed by atoms with Crippen LogP contribution < -0.4 is 10.2 Å². The van der Waals surface area contributed by atoms with E-state index in [1.54, 1.807) is 0 Å². The van der Waals surface area contributed by atoms with Crippen molar-refractivity contribution >= 4 is 35.0 Å². The van der Waals surface area contributed by atoms with Crippen LogP contribution in [0.25, 0.3) is 0 Å². The first-order chi connectivity index (χ1) is 17.6. The van der Waals surface area contributed by atoms with Gasteiger partial charge in [-0.05, 0) is 51.1 Å². The number of hydrogen-bond acceptors (Lipinski definition) is 10. The molecule has 0 aliphatic carbocycles. The topological polar surface area (TPSA) is 123 Å². The Morgan fingerprint density at radius 3 is 2.49 bits per heavy atom. The summed E-state index contributed by atoms with van der Waals surface area (Å²) in [7, 11) is 1.49. The third-order valence-corrected chi connectivity index (χ3v) is 5.71. The molecule has 1 aliphatic rings. The Balaban J connectivity index is 1.68. The summed E-state index contributed by atoms with van der Waals surface area (Å²) in [5.41, 5.74) is 1.30. The van der Waals surface area contributed by atoms with E-state index in [2.05, 4.69) is 10.2 Å². The van der Waals surface area contributed by atoms with Crippen molar-refractivity contribution in [3.05, 3.63) is 58.1 Å². The lowest BCUT2D eigenvalue weighted by molar-refractivity contribution is -0.383. The number of hydrogen-bond donors (Lipinski definition) is 1. The second-order valence-corrected chi connectivity index (χ2v) is 9.57. The third-order valence-electron chi connectivity index (χ3n) is 5.71. The van der Waals surface area contributed by atoms with Crippen molar-refractivity contribution in [2.24, 2.45) is 0 Å². The van der Waals surface area contributed by atoms with E-state index in [4.69, 9.17) is 14.2 Å². The molecule has 2 aromatic carbocycles. The summed E-state index contributed by atoms with van der Waals surface area (Å²) in [5.74, 6) is -0.655. The summed E-state index contributed by atoms with van der Waals surface area (Å²) in [6.07, 6.45) is 0.249. The zero-order valence-electron chi connectivity index (χ0n) is 21.6. The first-order valence-corrected chi connectivity index (χ1v) is 12.0. The molecule has 1 atom stereocenters. The van der Waals surface area contributed by atoms with E-state index in [1.165, 1.54) is 25.3 Å². The number of carbonyl (C=O) groups is 2. The van der Waals surface area contributed by atoms with Crippen LogP contribution in [0.15, 0.2) is 42.5 Å². The normalized spacial score (nSPS) is 15.2. The van der Waals surface area contributed by atoms with Crippen molar-refractivity contribution in [3.63, 3.8) is 0 Å². The Kier molecular flexibility index (Phi) is 9.56. The maximum absolute atomic E-state index is 12.2. The molecule has 0 saturated carbocycles. The van der Waals surface area contributed by atoms with Crippen LogP contribution in [0.5, 0.6) is 0 Å². The zero-order chi connectivity index (χ0) is 27.0. The van der Waals surface area contributed by atoms with Gasteiger partial charge in [-0.15, -0.1) is 0 Å². The molecule has 1 aliphatic heterocycles. The van der Waals surface area contributed by atoms with E-state index < -0.39 is 22.7 Å². The summed E-state index contributed by atoms with van der Waals surface area (Å²) in [6.45, 7) is 8.77. The Morgan fingerprint density at radius 1 is 1.14 bits per heavy atom. The van der Waals surface area contributed by atoms with Gasteiger partial charge in [0.15, 0.2) is 12.5 Å². The van der Waals surface area contributed by atoms with Gasteiger partial charge < -0.3 is 24.4 Å². The number of nitrogens with one attached hydrogen (secondary N) is 1. The molecule has 1 saturated heterocycles. The molecule has 0 amide bonds. The molecule has 1 fully saturated rings. The van der Waals surface area contributed by atoms with Gasteiger partial charge in [-0.2, -0.15) is 0 Å². The SMILES string of the molecule is COCCOC(=O)c1ccc(Nc2cccc(N3CCN(C(C=O)OC(C)(C)C)CC3)c2)c([N+](=O)[O-])c1. The van der Waals surface area contributed by atoms with Crippen LogP contribution >= 0.6 is 0 Å². The van der Waals surface area contributed by atoms with Gasteiger partial charge in [0.25, 0.3) is 5.69 Å². The molecule has 1 heterocycles. The van der Waals surface area contributed by atoms with E-state index in [0.717, 1.165) is 12.0 Å². The number of piperazine rings is 1. The molecule has 11 nitrogen and oxygen atoms in total. The predicted molar refractivity (Wildman–Crippen MR) is 139 cm³/mol. The smallest absolute Gasteiger partial charge is 0.338 e. The fourth-order valence-corrected chi connectivity index (χ4v) is 3.94. The summed E-state index contributed by atoms with van der Waals surface area (Å²) in [4.78, 5) is 39.1. The molecule has 0 radical (unpaired) electrons. The average Bonchev–Trinajstić information content (AvgIpc) is 2.87. The van der Waals surface area contributed by atoms with Crippen LogP contribution in [0.1, 0.15) is 31.1 Å². The summed E-state index contributed by atoms with van der Waals surface area (Å²) in [6, 6.07) is 11.7. The van der Waals surface area contributed by atoms with Gasteiger partial charge in [-0.1, -0.05) is 6.07 Å². The molecule has 200 valence electrons. The van der Waals surface area contributed by atoms with Crippen LogP contribution in [0.3, 0.4) is 0 Å². The fourth-order valence-electron chi connectivity index (χ4n) is 3.94. The minimum atomic E-state index is -0.655. The number of ether oxygens (including phenoxy) is 3. The number of esters is 1. The highest BCUT2D eigenvalue weighted by Crippen LogP contribution is 2.31. The highest BCUT2D eigenvalue weighted by atomic mass is 16.6. The number of nitrogens with zero attached hydrogens (tertiary/aromatic N) is 3. The Bertz CT molecular complexity index is 1090. The third kappa shape index (κ3) is 7.97. The summed E-state index contributed by atoms with van der Waals surface area (Å²) < 4.78 is 15.8. The van der Waals surface area contributed by atoms with E-state index in [9.17, 15) is 19.7 Å². The van der Waals surface area contributed by atoms with Gasteiger partial charge >= 0.3 is 5.97 Å². The van der Waals surface area contributed by atoms with E-state index >= 15 is 0 Å². The number of carbonyl (C=O) groups excluding carboxylic acids is 2. The minimum Gasteiger partial charge on any atom is -0.460 e. The van der Waals surface area contributed by atoms with Gasteiger partial charge in [0.1, 0.15) is 12.3 Å². The van der Waals surface area contributed by atoms with Gasteiger partial charge in [0.2, 0.25) is 0 Å². The predicted octanol–water partition coefficient (Wildman–Crippen LogP) is 3.60. The zero-order valence-corrected chi connectivity index (χ0v) is 21.6. The van der Waals surface area contributed by atoms with Gasteiger partial charge in [0.05, 0.1) is 22.7 Å². The molecule has 0 aromatic heterocycles. The number of nitro benzene ring substituents is 1. The lowest BCUT2D eigenvalue weighted by Gasteiger charge is -2.40. The Labute approximate surface area is 216 Å². The number of anilines is 3. The second-order valence-electron chi connectivity index (χ2n) is 9.57. The minimum absolute atomic E-state index is 0.0591. The molecule has 11 heteroatoms. The maximum atomic E-state index is 12.2. The molecule has 0 bridgehead atoms. The van der Waals surface area contributed by atoms with Crippen LogP contribution in [-0.4, -0.2) is 80.4 Å². The summed E-state index contributed by atoms with van der Waals surface area (Å²) in [5, 5.41) is 14.8. The standard InChI is InChI=1S/C26H34N4O7/c1-26(2,3)37-24(18-31)29-12-10-28(11-13-29)21-7-5-6-20(17-21)27-22-9-8-19(16-23(22)30(33)34)25(32)36-15-14-35-4/h5-9,16-18,24,27H,10-15H2,1-4H3. The van der Waals surface area contributed by atoms with Crippen molar-refractivity contribution in [2.45, 2.75) is 32.6 Å². The fraction of sp³-hybridized carbons (Fsp3) is 0.462. The number of benzene rings is 2. The molecule has 0 spiro atoms. The number of rotatable bonds is 11. The highest BCUT2D eigenvalue weighted by Gasteiger charge is 2.28. The van der Waals surface area contributed by atoms with Crippen molar-refractivity contribution in [3.8, 4) is 0 Å². The first-order valence-electron chi connectivity index (χ1n) is 12.0. The molecular formula is C26H34N4O7. The second kappa shape index (κ2) is 12.6. The quantitative estimate of drug-likeness (QED) is 0.156. The molecule has 1 N–H and O–H groups in total. The van der Waals surface area contributed by atoms with Crippen LogP contribution in [0.4, 0.5) is 22.7 Å². The monoisotopic (exact) mass is 514 g/mol.